The fourth-order valence-electron chi connectivity index (χ4n) is 5.81. The number of carboxylic acids is 1. The van der Waals surface area contributed by atoms with Crippen molar-refractivity contribution in [3.05, 3.63) is 89.7 Å². The lowest BCUT2D eigenvalue weighted by Crippen LogP contribution is -2.36. The predicted molar refractivity (Wildman–Crippen MR) is 173 cm³/mol. The number of benzene rings is 3. The molecule has 0 amide bonds. The molecule has 0 saturated carbocycles. The maximum absolute atomic E-state index is 14.0. The fourth-order valence-corrected chi connectivity index (χ4v) is 7.33. The zero-order valence-corrected chi connectivity index (χ0v) is 25.7. The van der Waals surface area contributed by atoms with Crippen LogP contribution in [-0.4, -0.2) is 66.0 Å². The number of hydrogen-bond acceptors (Lipinski definition) is 6. The summed E-state index contributed by atoms with van der Waals surface area (Å²) in [7, 11) is -3.83. The summed E-state index contributed by atoms with van der Waals surface area (Å²) in [4.78, 5) is 18.8. The third-order valence-electron chi connectivity index (χ3n) is 8.11. The van der Waals surface area contributed by atoms with E-state index in [1.54, 1.807) is 42.5 Å². The van der Waals surface area contributed by atoms with Gasteiger partial charge in [-0.15, -0.1) is 0 Å². The van der Waals surface area contributed by atoms with Crippen molar-refractivity contribution in [2.24, 2.45) is 5.73 Å². The standard InChI is InChI=1S/C33H40N6O4S/c34-33(35)26-14-12-25(13-15-26)23-31-36-29-24-27(16-17-30(29)38(31)21-7-11-32(40)41)39(22-8-20-37-18-5-2-6-19-37)44(42,43)28-9-3-1-4-10-28/h1,3-4,9-10,12-17,24H,2,5-8,11,18-23H2,(H3,34,35)(H,40,41). The van der Waals surface area contributed by atoms with Crippen LogP contribution >= 0.6 is 0 Å². The second kappa shape index (κ2) is 14.0. The zero-order valence-electron chi connectivity index (χ0n) is 24.9. The first-order valence-electron chi connectivity index (χ1n) is 15.2. The molecular formula is C33H40N6O4S. The molecule has 4 N–H and O–H groups in total. The molecule has 4 aromatic rings. The summed E-state index contributed by atoms with van der Waals surface area (Å²) in [6.45, 7) is 3.75. The third kappa shape index (κ3) is 7.46. The zero-order chi connectivity index (χ0) is 31.1. The fraction of sp³-hybridized carbons (Fsp3) is 0.364. The Balaban J connectivity index is 1.48. The van der Waals surface area contributed by atoms with E-state index in [4.69, 9.17) is 16.1 Å². The van der Waals surface area contributed by atoms with Crippen molar-refractivity contribution in [2.45, 2.75) is 56.4 Å². The summed E-state index contributed by atoms with van der Waals surface area (Å²) in [5.74, 6) is -0.110. The summed E-state index contributed by atoms with van der Waals surface area (Å²) in [6.07, 6.45) is 5.27. The van der Waals surface area contributed by atoms with Gasteiger partial charge < -0.3 is 20.3 Å². The minimum atomic E-state index is -3.83. The molecule has 11 heteroatoms. The normalized spacial score (nSPS) is 14.1. The highest BCUT2D eigenvalue weighted by molar-refractivity contribution is 7.92. The van der Waals surface area contributed by atoms with E-state index in [1.165, 1.54) is 23.6 Å². The van der Waals surface area contributed by atoms with Gasteiger partial charge in [-0.1, -0.05) is 48.9 Å². The summed E-state index contributed by atoms with van der Waals surface area (Å²) >= 11 is 0. The number of aryl methyl sites for hydroxylation is 1. The van der Waals surface area contributed by atoms with Gasteiger partial charge >= 0.3 is 5.97 Å². The molecule has 0 atom stereocenters. The molecule has 44 heavy (non-hydrogen) atoms. The summed E-state index contributed by atoms with van der Waals surface area (Å²) < 4.78 is 31.4. The van der Waals surface area contributed by atoms with Gasteiger partial charge in [0.05, 0.1) is 21.6 Å². The molecule has 2 heterocycles. The number of likely N-dealkylation sites (tertiary alicyclic amines) is 1. The Morgan fingerprint density at radius 2 is 1.68 bits per heavy atom. The van der Waals surface area contributed by atoms with Gasteiger partial charge in [-0.3, -0.25) is 14.5 Å². The van der Waals surface area contributed by atoms with Crippen molar-refractivity contribution in [1.82, 2.24) is 14.5 Å². The number of aliphatic carboxylic acids is 1. The quantitative estimate of drug-likeness (QED) is 0.136. The Morgan fingerprint density at radius 3 is 2.36 bits per heavy atom. The first-order valence-corrected chi connectivity index (χ1v) is 16.6. The molecule has 0 aliphatic carbocycles. The van der Waals surface area contributed by atoms with E-state index in [0.29, 0.717) is 49.1 Å². The minimum Gasteiger partial charge on any atom is -0.481 e. The first-order chi connectivity index (χ1) is 21.2. The Bertz CT molecular complexity index is 1700. The minimum absolute atomic E-state index is 0.00377. The van der Waals surface area contributed by atoms with Crippen LogP contribution in [0.25, 0.3) is 11.0 Å². The number of nitrogens with zero attached hydrogens (tertiary/aromatic N) is 4. The topological polar surface area (TPSA) is 146 Å². The molecule has 0 unspecified atom stereocenters. The Kier molecular flexibility index (Phi) is 9.96. The molecule has 1 aliphatic heterocycles. The number of carboxylic acid groups (broad SMARTS) is 1. The maximum Gasteiger partial charge on any atom is 0.303 e. The molecule has 0 radical (unpaired) electrons. The van der Waals surface area contributed by atoms with Gasteiger partial charge in [-0.05, 0) is 81.2 Å². The van der Waals surface area contributed by atoms with Crippen LogP contribution in [0.2, 0.25) is 0 Å². The SMILES string of the molecule is N=C(N)c1ccc(Cc2nc3cc(N(CCCN4CCCCC4)S(=O)(=O)c4ccccc4)ccc3n2CCCC(=O)O)cc1. The number of carbonyl (C=O) groups is 1. The number of sulfonamides is 1. The van der Waals surface area contributed by atoms with Crippen LogP contribution in [0.15, 0.2) is 77.7 Å². The number of fused-ring (bicyclic) bond motifs is 1. The molecule has 5 rings (SSSR count). The van der Waals surface area contributed by atoms with Crippen molar-refractivity contribution in [2.75, 3.05) is 30.5 Å². The number of nitrogen functional groups attached to an aromatic ring is 1. The van der Waals surface area contributed by atoms with Crippen LogP contribution in [0.3, 0.4) is 0 Å². The van der Waals surface area contributed by atoms with Crippen LogP contribution in [0.1, 0.15) is 55.5 Å². The molecule has 10 nitrogen and oxygen atoms in total. The number of rotatable bonds is 14. The average molecular weight is 617 g/mol. The molecule has 1 aliphatic rings. The van der Waals surface area contributed by atoms with E-state index in [1.807, 2.05) is 34.9 Å². The van der Waals surface area contributed by atoms with Crippen molar-refractivity contribution in [1.29, 1.82) is 5.41 Å². The number of nitrogens with two attached hydrogens (primary N) is 1. The van der Waals surface area contributed by atoms with E-state index in [0.717, 1.165) is 36.5 Å². The van der Waals surface area contributed by atoms with Gasteiger partial charge in [-0.25, -0.2) is 13.4 Å². The predicted octanol–water partition coefficient (Wildman–Crippen LogP) is 4.85. The number of nitrogens with one attached hydrogen (secondary N) is 1. The number of imidazole rings is 1. The lowest BCUT2D eigenvalue weighted by atomic mass is 10.1. The lowest BCUT2D eigenvalue weighted by Gasteiger charge is -2.29. The molecule has 3 aromatic carbocycles. The van der Waals surface area contributed by atoms with Crippen molar-refractivity contribution < 1.29 is 18.3 Å². The van der Waals surface area contributed by atoms with Crippen molar-refractivity contribution in [3.63, 3.8) is 0 Å². The van der Waals surface area contributed by atoms with E-state index in [2.05, 4.69) is 4.90 Å². The van der Waals surface area contributed by atoms with E-state index < -0.39 is 16.0 Å². The highest BCUT2D eigenvalue weighted by atomic mass is 32.2. The molecule has 0 bridgehead atoms. The van der Waals surface area contributed by atoms with Gasteiger partial charge in [0.15, 0.2) is 0 Å². The van der Waals surface area contributed by atoms with E-state index >= 15 is 0 Å². The molecule has 232 valence electrons. The Hall–Kier alpha value is -4.22. The van der Waals surface area contributed by atoms with Crippen LogP contribution in [0.5, 0.6) is 0 Å². The van der Waals surface area contributed by atoms with E-state index in [-0.39, 0.29) is 17.2 Å². The third-order valence-corrected chi connectivity index (χ3v) is 9.96. The lowest BCUT2D eigenvalue weighted by molar-refractivity contribution is -0.137. The number of amidine groups is 1. The summed E-state index contributed by atoms with van der Waals surface area (Å²) in [5, 5.41) is 16.9. The largest absolute Gasteiger partial charge is 0.481 e. The number of anilines is 1. The molecule has 1 saturated heterocycles. The maximum atomic E-state index is 14.0. The highest BCUT2D eigenvalue weighted by Crippen LogP contribution is 2.29. The van der Waals surface area contributed by atoms with Crippen molar-refractivity contribution >= 4 is 38.5 Å². The summed E-state index contributed by atoms with van der Waals surface area (Å²) in [6, 6.07) is 21.4. The smallest absolute Gasteiger partial charge is 0.303 e. The van der Waals surface area contributed by atoms with Crippen LogP contribution in [-0.2, 0) is 27.8 Å². The average Bonchev–Trinajstić information content (AvgIpc) is 3.36. The highest BCUT2D eigenvalue weighted by Gasteiger charge is 2.26. The van der Waals surface area contributed by atoms with Gasteiger partial charge in [0.25, 0.3) is 10.0 Å². The Labute approximate surface area is 258 Å². The monoisotopic (exact) mass is 616 g/mol. The second-order valence-corrected chi connectivity index (χ2v) is 13.1. The Morgan fingerprint density at radius 1 is 0.955 bits per heavy atom. The van der Waals surface area contributed by atoms with E-state index in [9.17, 15) is 18.3 Å². The second-order valence-electron chi connectivity index (χ2n) is 11.3. The molecule has 1 fully saturated rings. The molecule has 1 aromatic heterocycles. The van der Waals surface area contributed by atoms with Crippen LogP contribution < -0.4 is 10.0 Å². The van der Waals surface area contributed by atoms with Gasteiger partial charge in [0.1, 0.15) is 11.7 Å². The van der Waals surface area contributed by atoms with Crippen molar-refractivity contribution in [3.8, 4) is 0 Å². The van der Waals surface area contributed by atoms with Gasteiger partial charge in [0.2, 0.25) is 0 Å². The summed E-state index contributed by atoms with van der Waals surface area (Å²) in [5.41, 5.74) is 9.23. The first kappa shape index (κ1) is 31.2. The molecular weight excluding hydrogens is 576 g/mol. The number of piperidine rings is 1. The number of aromatic nitrogens is 2. The van der Waals surface area contributed by atoms with Gasteiger partial charge in [-0.2, -0.15) is 0 Å². The van der Waals surface area contributed by atoms with Crippen LogP contribution in [0, 0.1) is 5.41 Å². The molecule has 0 spiro atoms. The van der Waals surface area contributed by atoms with Gasteiger partial charge in [0, 0.05) is 31.5 Å². The van der Waals surface area contributed by atoms with Crippen LogP contribution in [0.4, 0.5) is 5.69 Å². The number of hydrogen-bond donors (Lipinski definition) is 3.